The summed E-state index contributed by atoms with van der Waals surface area (Å²) in [5.74, 6) is 0.850. The molecule has 0 amide bonds. The maximum atomic E-state index is 12.0. The van der Waals surface area contributed by atoms with Crippen molar-refractivity contribution in [3.8, 4) is 5.75 Å². The quantitative estimate of drug-likeness (QED) is 0.662. The first-order valence-electron chi connectivity index (χ1n) is 6.86. The maximum absolute atomic E-state index is 12.0. The predicted octanol–water partition coefficient (Wildman–Crippen LogP) is 3.09. The minimum absolute atomic E-state index is 0.114. The highest BCUT2D eigenvalue weighted by Crippen LogP contribution is 2.18. The Kier molecular flexibility index (Phi) is 6.08. The number of benzene rings is 1. The largest absolute Gasteiger partial charge is 0.484 e. The summed E-state index contributed by atoms with van der Waals surface area (Å²) < 4.78 is 40.8. The average molecular weight is 317 g/mol. The molecule has 22 heavy (non-hydrogen) atoms. The van der Waals surface area contributed by atoms with Gasteiger partial charge in [0.05, 0.1) is 0 Å². The molecule has 1 aromatic rings. The standard InChI is InChI=1S/C15H22F3N3O/c1-14(2,3)21-13(19-4)20-9-11-5-7-12(8-6-11)22-10-15(16,17)18/h5-8H,9-10H2,1-4H3,(H2,19,20,21). The lowest BCUT2D eigenvalue weighted by Crippen LogP contribution is -2.47. The van der Waals surface area contributed by atoms with Crippen molar-refractivity contribution in [2.75, 3.05) is 13.7 Å². The number of halogens is 3. The van der Waals surface area contributed by atoms with Crippen LogP contribution in [0.3, 0.4) is 0 Å². The lowest BCUT2D eigenvalue weighted by atomic mass is 10.1. The van der Waals surface area contributed by atoms with Crippen LogP contribution in [0.4, 0.5) is 13.2 Å². The Bertz CT molecular complexity index is 490. The van der Waals surface area contributed by atoms with Crippen molar-refractivity contribution in [1.82, 2.24) is 10.6 Å². The molecule has 0 spiro atoms. The van der Waals surface area contributed by atoms with Crippen molar-refractivity contribution >= 4 is 5.96 Å². The van der Waals surface area contributed by atoms with E-state index in [0.717, 1.165) is 5.56 Å². The number of nitrogens with zero attached hydrogens (tertiary/aromatic N) is 1. The first-order valence-corrected chi connectivity index (χ1v) is 6.86. The van der Waals surface area contributed by atoms with Gasteiger partial charge in [-0.2, -0.15) is 13.2 Å². The number of alkyl halides is 3. The van der Waals surface area contributed by atoms with Crippen LogP contribution in [0.15, 0.2) is 29.3 Å². The molecule has 0 fully saturated rings. The van der Waals surface area contributed by atoms with Crippen LogP contribution in [0.2, 0.25) is 0 Å². The summed E-state index contributed by atoms with van der Waals surface area (Å²) in [6, 6.07) is 6.46. The van der Waals surface area contributed by atoms with Crippen LogP contribution < -0.4 is 15.4 Å². The first-order chi connectivity index (χ1) is 10.1. The fraction of sp³-hybridized carbons (Fsp3) is 0.533. The Morgan fingerprint density at radius 3 is 2.18 bits per heavy atom. The van der Waals surface area contributed by atoms with Crippen LogP contribution in [-0.4, -0.2) is 31.3 Å². The normalized spacial score (nSPS) is 13.0. The molecule has 7 heteroatoms. The number of aliphatic imine (C=N–C) groups is 1. The highest BCUT2D eigenvalue weighted by atomic mass is 19.4. The van der Waals surface area contributed by atoms with Crippen LogP contribution in [0, 0.1) is 0 Å². The number of nitrogens with one attached hydrogen (secondary N) is 2. The van der Waals surface area contributed by atoms with E-state index in [9.17, 15) is 13.2 Å². The second-order valence-corrected chi connectivity index (χ2v) is 5.85. The SMILES string of the molecule is CN=C(NCc1ccc(OCC(F)(F)F)cc1)NC(C)(C)C. The fourth-order valence-corrected chi connectivity index (χ4v) is 1.59. The Labute approximate surface area is 128 Å². The fourth-order valence-electron chi connectivity index (χ4n) is 1.59. The second-order valence-electron chi connectivity index (χ2n) is 5.85. The van der Waals surface area contributed by atoms with E-state index in [1.165, 1.54) is 12.1 Å². The summed E-state index contributed by atoms with van der Waals surface area (Å²) >= 11 is 0. The van der Waals surface area contributed by atoms with E-state index < -0.39 is 12.8 Å². The van der Waals surface area contributed by atoms with Crippen LogP contribution in [0.25, 0.3) is 0 Å². The number of rotatable bonds is 4. The van der Waals surface area contributed by atoms with E-state index in [4.69, 9.17) is 0 Å². The number of guanidine groups is 1. The molecule has 0 aliphatic rings. The van der Waals surface area contributed by atoms with Crippen molar-refractivity contribution in [1.29, 1.82) is 0 Å². The minimum Gasteiger partial charge on any atom is -0.484 e. The van der Waals surface area contributed by atoms with Gasteiger partial charge in [-0.1, -0.05) is 12.1 Å². The lowest BCUT2D eigenvalue weighted by molar-refractivity contribution is -0.153. The monoisotopic (exact) mass is 317 g/mol. The van der Waals surface area contributed by atoms with Gasteiger partial charge in [-0.25, -0.2) is 0 Å². The molecular weight excluding hydrogens is 295 g/mol. The molecule has 0 unspecified atom stereocenters. The van der Waals surface area contributed by atoms with Crippen molar-refractivity contribution in [3.63, 3.8) is 0 Å². The highest BCUT2D eigenvalue weighted by molar-refractivity contribution is 5.80. The smallest absolute Gasteiger partial charge is 0.422 e. The van der Waals surface area contributed by atoms with Crippen molar-refractivity contribution < 1.29 is 17.9 Å². The molecule has 2 N–H and O–H groups in total. The summed E-state index contributed by atoms with van der Waals surface area (Å²) in [5.41, 5.74) is 0.799. The molecular formula is C15H22F3N3O. The molecule has 0 aromatic heterocycles. The van der Waals surface area contributed by atoms with E-state index in [0.29, 0.717) is 12.5 Å². The van der Waals surface area contributed by atoms with E-state index in [1.807, 2.05) is 20.8 Å². The molecule has 0 bridgehead atoms. The summed E-state index contributed by atoms with van der Waals surface area (Å²) in [7, 11) is 1.68. The third-order valence-electron chi connectivity index (χ3n) is 2.50. The van der Waals surface area contributed by atoms with E-state index in [2.05, 4.69) is 20.4 Å². The number of hydrogen-bond acceptors (Lipinski definition) is 2. The highest BCUT2D eigenvalue weighted by Gasteiger charge is 2.28. The number of ether oxygens (including phenoxy) is 1. The molecule has 0 radical (unpaired) electrons. The van der Waals surface area contributed by atoms with Crippen LogP contribution in [-0.2, 0) is 6.54 Å². The van der Waals surface area contributed by atoms with E-state index in [1.54, 1.807) is 19.2 Å². The van der Waals surface area contributed by atoms with Crippen LogP contribution in [0.1, 0.15) is 26.3 Å². The van der Waals surface area contributed by atoms with Gasteiger partial charge in [-0.05, 0) is 38.5 Å². The van der Waals surface area contributed by atoms with Gasteiger partial charge in [0.2, 0.25) is 0 Å². The van der Waals surface area contributed by atoms with E-state index in [-0.39, 0.29) is 11.3 Å². The first kappa shape index (κ1) is 18.1. The Hall–Kier alpha value is -1.92. The average Bonchev–Trinajstić information content (AvgIpc) is 2.40. The van der Waals surface area contributed by atoms with Crippen molar-refractivity contribution in [2.45, 2.75) is 39.0 Å². The molecule has 1 rings (SSSR count). The third-order valence-corrected chi connectivity index (χ3v) is 2.50. The van der Waals surface area contributed by atoms with Gasteiger partial charge in [0.15, 0.2) is 12.6 Å². The van der Waals surface area contributed by atoms with Gasteiger partial charge in [0.25, 0.3) is 0 Å². The molecule has 0 saturated heterocycles. The summed E-state index contributed by atoms with van der Waals surface area (Å²) in [4.78, 5) is 4.11. The summed E-state index contributed by atoms with van der Waals surface area (Å²) in [6.07, 6.45) is -4.33. The predicted molar refractivity (Wildman–Crippen MR) is 81.1 cm³/mol. The molecule has 0 atom stereocenters. The molecule has 0 saturated carbocycles. The lowest BCUT2D eigenvalue weighted by Gasteiger charge is -2.23. The van der Waals surface area contributed by atoms with Gasteiger partial charge < -0.3 is 15.4 Å². The van der Waals surface area contributed by atoms with Crippen molar-refractivity contribution in [3.05, 3.63) is 29.8 Å². The maximum Gasteiger partial charge on any atom is 0.422 e. The summed E-state index contributed by atoms with van der Waals surface area (Å²) in [6.45, 7) is 5.29. The van der Waals surface area contributed by atoms with Crippen LogP contribution in [0.5, 0.6) is 5.75 Å². The summed E-state index contributed by atoms with van der Waals surface area (Å²) in [5, 5.41) is 6.35. The zero-order chi connectivity index (χ0) is 16.8. The third kappa shape index (κ3) is 7.75. The molecule has 4 nitrogen and oxygen atoms in total. The zero-order valence-electron chi connectivity index (χ0n) is 13.2. The Morgan fingerprint density at radius 2 is 1.73 bits per heavy atom. The van der Waals surface area contributed by atoms with Gasteiger partial charge in [-0.15, -0.1) is 0 Å². The molecule has 0 heterocycles. The number of hydrogen-bond donors (Lipinski definition) is 2. The zero-order valence-corrected chi connectivity index (χ0v) is 13.2. The molecule has 124 valence electrons. The van der Waals surface area contributed by atoms with Gasteiger partial charge in [0.1, 0.15) is 5.75 Å². The van der Waals surface area contributed by atoms with E-state index >= 15 is 0 Å². The molecule has 1 aromatic carbocycles. The topological polar surface area (TPSA) is 45.7 Å². The molecule has 0 aliphatic carbocycles. The minimum atomic E-state index is -4.33. The Balaban J connectivity index is 2.50. The van der Waals surface area contributed by atoms with Crippen LogP contribution >= 0.6 is 0 Å². The second kappa shape index (κ2) is 7.38. The van der Waals surface area contributed by atoms with Gasteiger partial charge in [-0.3, -0.25) is 4.99 Å². The molecule has 0 aliphatic heterocycles. The van der Waals surface area contributed by atoms with Gasteiger partial charge >= 0.3 is 6.18 Å². The Morgan fingerprint density at radius 1 is 1.14 bits per heavy atom. The van der Waals surface area contributed by atoms with Crippen molar-refractivity contribution in [2.24, 2.45) is 4.99 Å². The van der Waals surface area contributed by atoms with Gasteiger partial charge in [0, 0.05) is 19.1 Å².